The van der Waals surface area contributed by atoms with E-state index in [-0.39, 0.29) is 41.0 Å². The van der Waals surface area contributed by atoms with Crippen LogP contribution in [0, 0.1) is 0 Å². The number of amidine groups is 2. The van der Waals surface area contributed by atoms with Gasteiger partial charge in [-0.25, -0.2) is 0 Å². The van der Waals surface area contributed by atoms with Crippen molar-refractivity contribution < 1.29 is 28.8 Å². The highest BCUT2D eigenvalue weighted by Gasteiger charge is 2.06. The summed E-state index contributed by atoms with van der Waals surface area (Å²) in [5.41, 5.74) is 5.55. The summed E-state index contributed by atoms with van der Waals surface area (Å²) in [5.74, 6) is 0.460. The number of aliphatic imine (C=N–C) groups is 1. The second-order valence-corrected chi connectivity index (χ2v) is 10.2. The number of nitrogens with one attached hydrogen (secondary N) is 3. The van der Waals surface area contributed by atoms with Gasteiger partial charge in [0, 0.05) is 32.0 Å². The summed E-state index contributed by atoms with van der Waals surface area (Å²) in [4.78, 5) is 55.3. The molecule has 0 saturated heterocycles. The van der Waals surface area contributed by atoms with E-state index in [1.165, 1.54) is 48.1 Å². The SMILES string of the molecule is CO/C=C\C(N)=NC(=O)CCCCCNC(=O)CSSCC(=O)NCCCCCC(=O)N/C(C)=N/OC. The molecule has 0 aromatic heterocycles. The molecule has 0 spiro atoms. The summed E-state index contributed by atoms with van der Waals surface area (Å²) in [6.45, 7) is 2.73. The highest BCUT2D eigenvalue weighted by atomic mass is 33.1. The van der Waals surface area contributed by atoms with E-state index in [2.05, 4.69) is 30.9 Å². The molecule has 0 saturated carbocycles. The molecule has 0 aliphatic heterocycles. The molecule has 14 heteroatoms. The average molecular weight is 561 g/mol. The van der Waals surface area contributed by atoms with E-state index in [1.807, 2.05) is 0 Å². The monoisotopic (exact) mass is 560 g/mol. The largest absolute Gasteiger partial charge is 0.504 e. The zero-order chi connectivity index (χ0) is 27.7. The van der Waals surface area contributed by atoms with Gasteiger partial charge in [0.1, 0.15) is 18.8 Å². The minimum absolute atomic E-state index is 0.0857. The van der Waals surface area contributed by atoms with E-state index >= 15 is 0 Å². The van der Waals surface area contributed by atoms with Crippen LogP contribution in [-0.4, -0.2) is 74.1 Å². The Morgan fingerprint density at radius 2 is 1.41 bits per heavy atom. The van der Waals surface area contributed by atoms with E-state index in [1.54, 1.807) is 6.92 Å². The van der Waals surface area contributed by atoms with Crippen molar-refractivity contribution in [2.75, 3.05) is 38.8 Å². The summed E-state index contributed by atoms with van der Waals surface area (Å²) in [6.07, 6.45) is 7.97. The summed E-state index contributed by atoms with van der Waals surface area (Å²) in [7, 11) is 5.54. The smallest absolute Gasteiger partial charge is 0.247 e. The third-order valence-corrected chi connectivity index (χ3v) is 6.57. The van der Waals surface area contributed by atoms with Gasteiger partial charge in [-0.1, -0.05) is 39.6 Å². The van der Waals surface area contributed by atoms with Gasteiger partial charge < -0.3 is 31.3 Å². The molecule has 0 heterocycles. The van der Waals surface area contributed by atoms with Crippen LogP contribution in [0.2, 0.25) is 0 Å². The molecule has 0 aliphatic rings. The molecule has 0 rings (SSSR count). The zero-order valence-electron chi connectivity index (χ0n) is 21.9. The first kappa shape index (κ1) is 34.3. The maximum atomic E-state index is 11.9. The second kappa shape index (κ2) is 23.6. The number of carbonyl (C=O) groups excluding carboxylic acids is 4. The summed E-state index contributed by atoms with van der Waals surface area (Å²) in [5, 5.41) is 11.9. The Labute approximate surface area is 226 Å². The molecule has 0 aromatic rings. The van der Waals surface area contributed by atoms with Crippen molar-refractivity contribution in [3.63, 3.8) is 0 Å². The van der Waals surface area contributed by atoms with Crippen LogP contribution in [0.3, 0.4) is 0 Å². The van der Waals surface area contributed by atoms with Crippen LogP contribution in [0.5, 0.6) is 0 Å². The maximum Gasteiger partial charge on any atom is 0.247 e. The van der Waals surface area contributed by atoms with E-state index in [0.717, 1.165) is 32.1 Å². The molecule has 12 nitrogen and oxygen atoms in total. The first-order valence-electron chi connectivity index (χ1n) is 12.0. The number of unbranched alkanes of at least 4 members (excludes halogenated alkanes) is 4. The topological polar surface area (TPSA) is 174 Å². The third-order valence-electron chi connectivity index (χ3n) is 4.43. The van der Waals surface area contributed by atoms with E-state index in [9.17, 15) is 19.2 Å². The van der Waals surface area contributed by atoms with Gasteiger partial charge in [0.05, 0.1) is 24.9 Å². The molecule has 0 aromatic carbocycles. The van der Waals surface area contributed by atoms with Crippen molar-refractivity contribution in [2.45, 2.75) is 58.3 Å². The fourth-order valence-corrected chi connectivity index (χ4v) is 4.44. The van der Waals surface area contributed by atoms with Gasteiger partial charge in [0.25, 0.3) is 0 Å². The third kappa shape index (κ3) is 23.4. The van der Waals surface area contributed by atoms with E-state index in [4.69, 9.17) is 10.5 Å². The number of rotatable bonds is 20. The fourth-order valence-electron chi connectivity index (χ4n) is 2.71. The van der Waals surface area contributed by atoms with Crippen LogP contribution in [0.4, 0.5) is 0 Å². The molecule has 0 bridgehead atoms. The highest BCUT2D eigenvalue weighted by molar-refractivity contribution is 8.77. The van der Waals surface area contributed by atoms with Crippen LogP contribution < -0.4 is 21.7 Å². The van der Waals surface area contributed by atoms with Crippen LogP contribution >= 0.6 is 21.6 Å². The standard InChI is InChI=1S/C23H40N6O6S2/c1-18(29-35-3)27-20(30)10-6-4-8-13-25-22(32)16-36-37-17-23(33)26-14-9-5-7-11-21(31)28-19(24)12-15-34-2/h12,15H,4-11,13-14,16-17H2,1-3H3,(H,25,32)(H,26,33)(H2,24,28,31)(H,27,29,30)/b15-12-. The molecule has 0 radical (unpaired) electrons. The number of oxime groups is 1. The van der Waals surface area contributed by atoms with Crippen LogP contribution in [0.25, 0.3) is 0 Å². The number of nitrogens with two attached hydrogens (primary N) is 1. The number of hydrogen-bond donors (Lipinski definition) is 4. The summed E-state index contributed by atoms with van der Waals surface area (Å²) in [6, 6.07) is 0. The Morgan fingerprint density at radius 3 is 1.95 bits per heavy atom. The van der Waals surface area contributed by atoms with Gasteiger partial charge in [0.15, 0.2) is 0 Å². The Kier molecular flexibility index (Phi) is 21.9. The molecule has 0 fully saturated rings. The molecular formula is C23H40N6O6S2. The molecular weight excluding hydrogens is 520 g/mol. The van der Waals surface area contributed by atoms with Crippen LogP contribution in [-0.2, 0) is 28.8 Å². The Hall–Kier alpha value is -2.74. The van der Waals surface area contributed by atoms with Gasteiger partial charge in [0.2, 0.25) is 23.6 Å². The minimum atomic E-state index is -0.288. The lowest BCUT2D eigenvalue weighted by Crippen LogP contribution is -2.28. The molecule has 5 N–H and O–H groups in total. The van der Waals surface area contributed by atoms with Crippen LogP contribution in [0.15, 0.2) is 22.5 Å². The first-order valence-corrected chi connectivity index (χ1v) is 14.5. The predicted molar refractivity (Wildman–Crippen MR) is 149 cm³/mol. The quantitative estimate of drug-likeness (QED) is 0.0433. The second-order valence-electron chi connectivity index (χ2n) is 7.72. The lowest BCUT2D eigenvalue weighted by molar-refractivity contribution is -0.120. The molecule has 37 heavy (non-hydrogen) atoms. The lowest BCUT2D eigenvalue weighted by atomic mass is 10.2. The minimum Gasteiger partial charge on any atom is -0.504 e. The number of carbonyl (C=O) groups is 4. The van der Waals surface area contributed by atoms with Crippen molar-refractivity contribution in [2.24, 2.45) is 15.9 Å². The number of ether oxygens (including phenoxy) is 1. The number of hydrogen-bond acceptors (Lipinski definition) is 9. The molecule has 0 unspecified atom stereocenters. The summed E-state index contributed by atoms with van der Waals surface area (Å²) < 4.78 is 4.70. The maximum absolute atomic E-state index is 11.9. The molecule has 4 amide bonds. The molecule has 0 atom stereocenters. The normalized spacial score (nSPS) is 11.8. The predicted octanol–water partition coefficient (Wildman–Crippen LogP) is 1.86. The molecule has 210 valence electrons. The van der Waals surface area contributed by atoms with E-state index < -0.39 is 0 Å². The first-order chi connectivity index (χ1) is 17.8. The lowest BCUT2D eigenvalue weighted by Gasteiger charge is -2.06. The van der Waals surface area contributed by atoms with Gasteiger partial charge >= 0.3 is 0 Å². The Bertz CT molecular complexity index is 792. The average Bonchev–Trinajstić information content (AvgIpc) is 2.84. The van der Waals surface area contributed by atoms with Gasteiger partial charge in [-0.3, -0.25) is 19.2 Å². The number of methoxy groups -OCH3 is 1. The Balaban J connectivity index is 3.62. The number of amides is 4. The highest BCUT2D eigenvalue weighted by Crippen LogP contribution is 2.20. The molecule has 0 aliphatic carbocycles. The fraction of sp³-hybridized carbons (Fsp3) is 0.652. The van der Waals surface area contributed by atoms with Gasteiger partial charge in [-0.05, 0) is 32.6 Å². The number of nitrogens with zero attached hydrogens (tertiary/aromatic N) is 2. The van der Waals surface area contributed by atoms with Gasteiger partial charge in [-0.2, -0.15) is 4.99 Å². The van der Waals surface area contributed by atoms with Gasteiger partial charge in [-0.15, -0.1) is 0 Å². The zero-order valence-corrected chi connectivity index (χ0v) is 23.5. The van der Waals surface area contributed by atoms with Crippen molar-refractivity contribution in [3.05, 3.63) is 12.3 Å². The van der Waals surface area contributed by atoms with Crippen molar-refractivity contribution in [3.8, 4) is 0 Å². The summed E-state index contributed by atoms with van der Waals surface area (Å²) >= 11 is 0. The van der Waals surface area contributed by atoms with E-state index in [0.29, 0.717) is 38.2 Å². The van der Waals surface area contributed by atoms with Crippen molar-refractivity contribution >= 4 is 56.9 Å². The van der Waals surface area contributed by atoms with Crippen molar-refractivity contribution in [1.29, 1.82) is 0 Å². The van der Waals surface area contributed by atoms with Crippen molar-refractivity contribution in [1.82, 2.24) is 16.0 Å². The Morgan fingerprint density at radius 1 is 0.838 bits per heavy atom. The van der Waals surface area contributed by atoms with Crippen LogP contribution in [0.1, 0.15) is 58.3 Å².